The number of hydrogen-bond donors (Lipinski definition) is 0. The minimum Gasteiger partial charge on any atom is -0.356 e. The van der Waals surface area contributed by atoms with Gasteiger partial charge in [-0.05, 0) is 38.0 Å². The Morgan fingerprint density at radius 3 is 2.00 bits per heavy atom. The fraction of sp³-hybridized carbons (Fsp3) is 1.00. The maximum absolute atomic E-state index is 6.03. The van der Waals surface area contributed by atoms with Gasteiger partial charge in [-0.2, -0.15) is 0 Å². The van der Waals surface area contributed by atoms with Crippen LogP contribution in [0, 0.1) is 0 Å². The van der Waals surface area contributed by atoms with Gasteiger partial charge in [0.1, 0.15) is 0 Å². The largest absolute Gasteiger partial charge is 0.356 e. The van der Waals surface area contributed by atoms with Crippen LogP contribution in [0.4, 0.5) is 0 Å². The Balaban J connectivity index is 2.08. The van der Waals surface area contributed by atoms with E-state index < -0.39 is 0 Å². The highest BCUT2D eigenvalue weighted by atomic mass is 31.1. The Morgan fingerprint density at radius 2 is 1.62 bits per heavy atom. The van der Waals surface area contributed by atoms with Crippen LogP contribution in [0.15, 0.2) is 0 Å². The molecule has 0 unspecified atom stereocenters. The van der Waals surface area contributed by atoms with Crippen LogP contribution in [0.1, 0.15) is 52.4 Å². The van der Waals surface area contributed by atoms with E-state index in [0.717, 1.165) is 0 Å². The van der Waals surface area contributed by atoms with Crippen LogP contribution in [-0.4, -0.2) is 18.4 Å². The van der Waals surface area contributed by atoms with E-state index in [0.29, 0.717) is 6.10 Å². The van der Waals surface area contributed by atoms with Gasteiger partial charge in [0.25, 0.3) is 0 Å². The summed E-state index contributed by atoms with van der Waals surface area (Å²) in [6.45, 7) is 4.54. The Morgan fingerprint density at radius 1 is 1.08 bits per heavy atom. The normalized spacial score (nSPS) is 16.8. The van der Waals surface area contributed by atoms with E-state index in [1.54, 1.807) is 0 Å². The van der Waals surface area contributed by atoms with Gasteiger partial charge in [0, 0.05) is 8.15 Å². The summed E-state index contributed by atoms with van der Waals surface area (Å²) in [6, 6.07) is 0. The van der Waals surface area contributed by atoms with Gasteiger partial charge in [0.2, 0.25) is 0 Å². The van der Waals surface area contributed by atoms with Crippen molar-refractivity contribution in [2.75, 3.05) is 12.3 Å². The summed E-state index contributed by atoms with van der Waals surface area (Å²) >= 11 is 0. The second-order valence-electron chi connectivity index (χ2n) is 3.94. The minimum atomic E-state index is -0.0494. The lowest BCUT2D eigenvalue weighted by Crippen LogP contribution is -1.96. The Hall–Kier alpha value is 0.390. The Labute approximate surface area is 84.1 Å². The second-order valence-corrected chi connectivity index (χ2v) is 6.01. The second kappa shape index (κ2) is 6.79. The molecular formula is C11H23OP. The Bertz CT molecular complexity index is 115. The van der Waals surface area contributed by atoms with E-state index in [4.69, 9.17) is 4.52 Å². The van der Waals surface area contributed by atoms with Gasteiger partial charge in [-0.1, -0.05) is 26.7 Å². The molecule has 1 aliphatic rings. The molecule has 1 fully saturated rings. The van der Waals surface area contributed by atoms with Crippen LogP contribution in [-0.2, 0) is 4.52 Å². The van der Waals surface area contributed by atoms with Crippen LogP contribution < -0.4 is 0 Å². The van der Waals surface area contributed by atoms with Crippen molar-refractivity contribution in [1.82, 2.24) is 0 Å². The molecule has 1 saturated carbocycles. The van der Waals surface area contributed by atoms with Crippen molar-refractivity contribution in [1.29, 1.82) is 0 Å². The lowest BCUT2D eigenvalue weighted by Gasteiger charge is -2.16. The first-order chi connectivity index (χ1) is 6.36. The number of unbranched alkanes of at least 4 members (excludes halogenated alkanes) is 2. The van der Waals surface area contributed by atoms with Crippen molar-refractivity contribution in [3.8, 4) is 0 Å². The first-order valence-corrected chi connectivity index (χ1v) is 7.41. The smallest absolute Gasteiger partial charge is 0.0619 e. The van der Waals surface area contributed by atoms with Crippen molar-refractivity contribution in [2.45, 2.75) is 58.5 Å². The standard InChI is InChI=1S/C11H23OP/c1-3-5-9-13(10-6-4-2)12-11-7-8-11/h11H,3-10H2,1-2H3. The van der Waals surface area contributed by atoms with E-state index in [2.05, 4.69) is 13.8 Å². The summed E-state index contributed by atoms with van der Waals surface area (Å²) in [7, 11) is -0.0494. The minimum absolute atomic E-state index is 0.0494. The Kier molecular flexibility index (Phi) is 5.98. The van der Waals surface area contributed by atoms with E-state index in [9.17, 15) is 0 Å². The molecule has 0 aromatic carbocycles. The van der Waals surface area contributed by atoms with E-state index in [1.165, 1.54) is 50.8 Å². The SMILES string of the molecule is CCCCP(CCCC)OC1CC1. The molecule has 0 amide bonds. The summed E-state index contributed by atoms with van der Waals surface area (Å²) in [6.07, 6.45) is 11.4. The van der Waals surface area contributed by atoms with Gasteiger partial charge < -0.3 is 4.52 Å². The first kappa shape index (κ1) is 11.5. The summed E-state index contributed by atoms with van der Waals surface area (Å²) < 4.78 is 6.03. The highest BCUT2D eigenvalue weighted by Gasteiger charge is 2.25. The topological polar surface area (TPSA) is 9.23 Å². The van der Waals surface area contributed by atoms with Crippen molar-refractivity contribution in [3.05, 3.63) is 0 Å². The van der Waals surface area contributed by atoms with Crippen LogP contribution in [0.2, 0.25) is 0 Å². The molecule has 0 heterocycles. The molecule has 1 aliphatic carbocycles. The highest BCUT2D eigenvalue weighted by molar-refractivity contribution is 7.52. The van der Waals surface area contributed by atoms with Gasteiger partial charge in [-0.3, -0.25) is 0 Å². The van der Waals surface area contributed by atoms with Crippen molar-refractivity contribution in [2.24, 2.45) is 0 Å². The summed E-state index contributed by atoms with van der Waals surface area (Å²) in [5, 5.41) is 0. The van der Waals surface area contributed by atoms with Crippen LogP contribution in [0.3, 0.4) is 0 Å². The summed E-state index contributed by atoms with van der Waals surface area (Å²) in [4.78, 5) is 0. The monoisotopic (exact) mass is 202 g/mol. The maximum Gasteiger partial charge on any atom is 0.0619 e. The van der Waals surface area contributed by atoms with Gasteiger partial charge >= 0.3 is 0 Å². The third kappa shape index (κ3) is 5.65. The molecule has 1 nitrogen and oxygen atoms in total. The lowest BCUT2D eigenvalue weighted by atomic mass is 10.4. The molecular weight excluding hydrogens is 179 g/mol. The third-order valence-electron chi connectivity index (χ3n) is 2.34. The van der Waals surface area contributed by atoms with Crippen LogP contribution >= 0.6 is 8.15 Å². The van der Waals surface area contributed by atoms with Crippen molar-refractivity contribution in [3.63, 3.8) is 0 Å². The molecule has 1 rings (SSSR count). The molecule has 0 radical (unpaired) electrons. The molecule has 0 spiro atoms. The van der Waals surface area contributed by atoms with E-state index in [-0.39, 0.29) is 8.15 Å². The fourth-order valence-electron chi connectivity index (χ4n) is 1.27. The third-order valence-corrected chi connectivity index (χ3v) is 4.57. The van der Waals surface area contributed by atoms with Crippen molar-refractivity contribution < 1.29 is 4.52 Å². The fourth-order valence-corrected chi connectivity index (χ4v) is 3.68. The average Bonchev–Trinajstić information content (AvgIpc) is 2.93. The zero-order valence-electron chi connectivity index (χ0n) is 9.09. The van der Waals surface area contributed by atoms with Gasteiger partial charge in [0.05, 0.1) is 6.10 Å². The molecule has 0 N–H and O–H groups in total. The van der Waals surface area contributed by atoms with Gasteiger partial charge in [-0.15, -0.1) is 0 Å². The molecule has 0 saturated heterocycles. The molecule has 0 atom stereocenters. The zero-order chi connectivity index (χ0) is 9.52. The maximum atomic E-state index is 6.03. The zero-order valence-corrected chi connectivity index (χ0v) is 9.98. The van der Waals surface area contributed by atoms with Crippen LogP contribution in [0.25, 0.3) is 0 Å². The number of rotatable bonds is 8. The van der Waals surface area contributed by atoms with E-state index >= 15 is 0 Å². The molecule has 0 bridgehead atoms. The lowest BCUT2D eigenvalue weighted by molar-refractivity contribution is 0.336. The summed E-state index contributed by atoms with van der Waals surface area (Å²) in [5.41, 5.74) is 0. The van der Waals surface area contributed by atoms with Gasteiger partial charge in [-0.25, -0.2) is 0 Å². The number of hydrogen-bond acceptors (Lipinski definition) is 1. The quantitative estimate of drug-likeness (QED) is 0.537. The molecule has 0 aliphatic heterocycles. The molecule has 78 valence electrons. The predicted octanol–water partition coefficient (Wildman–Crippen LogP) is 4.16. The van der Waals surface area contributed by atoms with E-state index in [1.807, 2.05) is 0 Å². The molecule has 13 heavy (non-hydrogen) atoms. The first-order valence-electron chi connectivity index (χ1n) is 5.78. The van der Waals surface area contributed by atoms with Crippen LogP contribution in [0.5, 0.6) is 0 Å². The molecule has 2 heteroatoms. The molecule has 0 aromatic rings. The van der Waals surface area contributed by atoms with Gasteiger partial charge in [0.15, 0.2) is 0 Å². The van der Waals surface area contributed by atoms with Crippen molar-refractivity contribution >= 4 is 8.15 Å². The summed E-state index contributed by atoms with van der Waals surface area (Å²) in [5.74, 6) is 0. The predicted molar refractivity (Wildman–Crippen MR) is 60.6 cm³/mol. The highest BCUT2D eigenvalue weighted by Crippen LogP contribution is 2.45. The molecule has 0 aromatic heterocycles. The average molecular weight is 202 g/mol.